The van der Waals surface area contributed by atoms with Crippen LogP contribution in [-0.2, 0) is 4.79 Å². The van der Waals surface area contributed by atoms with E-state index in [9.17, 15) is 4.79 Å². The van der Waals surface area contributed by atoms with Crippen LogP contribution >= 0.6 is 0 Å². The average molecular weight is 194 g/mol. The van der Waals surface area contributed by atoms with Gasteiger partial charge in [-0.15, -0.1) is 0 Å². The summed E-state index contributed by atoms with van der Waals surface area (Å²) in [5.74, 6) is 0.377. The summed E-state index contributed by atoms with van der Waals surface area (Å²) < 4.78 is 5.23. The zero-order chi connectivity index (χ0) is 10.6. The van der Waals surface area contributed by atoms with Gasteiger partial charge in [0.25, 0.3) is 0 Å². The molecule has 3 heteroatoms. The smallest absolute Gasteiger partial charge is 0.195 e. The topological polar surface area (TPSA) is 46.5 Å². The second-order valence-electron chi connectivity index (χ2n) is 3.25. The minimum absolute atomic E-state index is 0.0690. The second kappa shape index (κ2) is 4.77. The van der Waals surface area contributed by atoms with E-state index in [1.807, 2.05) is 32.0 Å². The monoisotopic (exact) mass is 194 g/mol. The van der Waals surface area contributed by atoms with Crippen LogP contribution in [0.15, 0.2) is 18.2 Å². The van der Waals surface area contributed by atoms with Gasteiger partial charge in [-0.05, 0) is 25.5 Å². The van der Waals surface area contributed by atoms with E-state index in [4.69, 9.17) is 9.84 Å². The molecule has 0 aliphatic rings. The van der Waals surface area contributed by atoms with Crippen molar-refractivity contribution in [1.29, 1.82) is 0 Å². The Morgan fingerprint density at radius 1 is 1.43 bits per heavy atom. The number of carbonyl (C=O) groups excluding carboxylic acids is 1. The number of ether oxygens (including phenoxy) is 1. The maximum atomic E-state index is 10.8. The van der Waals surface area contributed by atoms with E-state index in [0.29, 0.717) is 5.75 Å². The Labute approximate surface area is 83.3 Å². The largest absolute Gasteiger partial charge is 0.485 e. The highest BCUT2D eigenvalue weighted by Crippen LogP contribution is 2.18. The van der Waals surface area contributed by atoms with Gasteiger partial charge in [0.2, 0.25) is 0 Å². The molecule has 0 heterocycles. The van der Waals surface area contributed by atoms with E-state index >= 15 is 0 Å². The zero-order valence-corrected chi connectivity index (χ0v) is 8.41. The molecule has 0 radical (unpaired) electrons. The van der Waals surface area contributed by atoms with Crippen LogP contribution in [0, 0.1) is 13.8 Å². The Morgan fingerprint density at radius 2 is 2.14 bits per heavy atom. The number of benzene rings is 1. The van der Waals surface area contributed by atoms with Crippen molar-refractivity contribution >= 4 is 5.78 Å². The van der Waals surface area contributed by atoms with Crippen LogP contribution < -0.4 is 4.74 Å². The fourth-order valence-corrected chi connectivity index (χ4v) is 1.17. The number of hydrogen-bond donors (Lipinski definition) is 1. The van der Waals surface area contributed by atoms with Gasteiger partial charge in [0.1, 0.15) is 19.0 Å². The Bertz CT molecular complexity index is 331. The molecule has 0 aliphatic heterocycles. The van der Waals surface area contributed by atoms with Gasteiger partial charge < -0.3 is 9.84 Å². The molecule has 0 saturated carbocycles. The van der Waals surface area contributed by atoms with Crippen molar-refractivity contribution in [2.24, 2.45) is 0 Å². The molecule has 3 nitrogen and oxygen atoms in total. The highest BCUT2D eigenvalue weighted by molar-refractivity contribution is 5.80. The van der Waals surface area contributed by atoms with Crippen LogP contribution in [0.1, 0.15) is 11.1 Å². The molecule has 0 aromatic heterocycles. The fourth-order valence-electron chi connectivity index (χ4n) is 1.17. The number of aryl methyl sites for hydroxylation is 2. The first-order chi connectivity index (χ1) is 6.63. The molecule has 0 spiro atoms. The van der Waals surface area contributed by atoms with Gasteiger partial charge in [0, 0.05) is 0 Å². The Hall–Kier alpha value is -1.35. The lowest BCUT2D eigenvalue weighted by molar-refractivity contribution is -0.123. The van der Waals surface area contributed by atoms with Crippen LogP contribution in [-0.4, -0.2) is 24.1 Å². The number of aliphatic hydroxyl groups excluding tert-OH is 1. The molecule has 0 fully saturated rings. The van der Waals surface area contributed by atoms with Crippen molar-refractivity contribution in [1.82, 2.24) is 0 Å². The standard InChI is InChI=1S/C11H14O3/c1-8-3-4-11(9(2)5-8)14-7-10(13)6-12/h3-5,12H,6-7H2,1-2H3. The molecule has 0 atom stereocenters. The minimum Gasteiger partial charge on any atom is -0.485 e. The second-order valence-corrected chi connectivity index (χ2v) is 3.25. The van der Waals surface area contributed by atoms with Gasteiger partial charge in [-0.25, -0.2) is 0 Å². The molecule has 0 unspecified atom stereocenters. The summed E-state index contributed by atoms with van der Waals surface area (Å²) in [6.45, 7) is 3.38. The first kappa shape index (κ1) is 10.7. The summed E-state index contributed by atoms with van der Waals surface area (Å²) in [6, 6.07) is 5.74. The van der Waals surface area contributed by atoms with Crippen LogP contribution in [0.3, 0.4) is 0 Å². The molecule has 0 amide bonds. The molecular weight excluding hydrogens is 180 g/mol. The van der Waals surface area contributed by atoms with Crippen molar-refractivity contribution in [3.8, 4) is 5.75 Å². The van der Waals surface area contributed by atoms with Crippen molar-refractivity contribution in [3.05, 3.63) is 29.3 Å². The van der Waals surface area contributed by atoms with E-state index in [1.165, 1.54) is 0 Å². The van der Waals surface area contributed by atoms with Gasteiger partial charge in [-0.2, -0.15) is 0 Å². The number of carbonyl (C=O) groups is 1. The van der Waals surface area contributed by atoms with Crippen molar-refractivity contribution in [2.45, 2.75) is 13.8 Å². The van der Waals surface area contributed by atoms with Gasteiger partial charge in [0.05, 0.1) is 0 Å². The van der Waals surface area contributed by atoms with E-state index in [0.717, 1.165) is 11.1 Å². The summed E-state index contributed by atoms with van der Waals surface area (Å²) >= 11 is 0. The molecule has 1 rings (SSSR count). The Balaban J connectivity index is 2.63. The predicted octanol–water partition coefficient (Wildman–Crippen LogP) is 1.24. The molecule has 0 aliphatic carbocycles. The van der Waals surface area contributed by atoms with Gasteiger partial charge in [-0.3, -0.25) is 4.79 Å². The van der Waals surface area contributed by atoms with Crippen molar-refractivity contribution < 1.29 is 14.6 Å². The highest BCUT2D eigenvalue weighted by Gasteiger charge is 2.03. The van der Waals surface area contributed by atoms with Crippen LogP contribution in [0.5, 0.6) is 5.75 Å². The van der Waals surface area contributed by atoms with Crippen LogP contribution in [0.2, 0.25) is 0 Å². The number of aliphatic hydroxyl groups is 1. The predicted molar refractivity (Wildman–Crippen MR) is 53.5 cm³/mol. The minimum atomic E-state index is -0.467. The van der Waals surface area contributed by atoms with E-state index in [-0.39, 0.29) is 12.4 Å². The molecule has 1 aromatic rings. The van der Waals surface area contributed by atoms with E-state index < -0.39 is 6.61 Å². The fraction of sp³-hybridized carbons (Fsp3) is 0.364. The first-order valence-corrected chi connectivity index (χ1v) is 4.46. The van der Waals surface area contributed by atoms with Crippen LogP contribution in [0.4, 0.5) is 0 Å². The summed E-state index contributed by atoms with van der Waals surface area (Å²) in [5, 5.41) is 8.50. The third-order valence-corrected chi connectivity index (χ3v) is 1.90. The van der Waals surface area contributed by atoms with Gasteiger partial charge in [0.15, 0.2) is 5.78 Å². The normalized spacial score (nSPS) is 9.93. The lowest BCUT2D eigenvalue weighted by atomic mass is 10.1. The van der Waals surface area contributed by atoms with E-state index in [2.05, 4.69) is 0 Å². The Kier molecular flexibility index (Phi) is 3.65. The molecule has 0 bridgehead atoms. The summed E-state index contributed by atoms with van der Waals surface area (Å²) in [6.07, 6.45) is 0. The van der Waals surface area contributed by atoms with Crippen molar-refractivity contribution in [2.75, 3.05) is 13.2 Å². The maximum Gasteiger partial charge on any atom is 0.195 e. The number of Topliss-reactive ketones (excluding diaryl/α,β-unsaturated/α-hetero) is 1. The summed E-state index contributed by atoms with van der Waals surface area (Å²) in [4.78, 5) is 10.8. The van der Waals surface area contributed by atoms with Gasteiger partial charge >= 0.3 is 0 Å². The third-order valence-electron chi connectivity index (χ3n) is 1.90. The Morgan fingerprint density at radius 3 is 2.71 bits per heavy atom. The lowest BCUT2D eigenvalue weighted by Gasteiger charge is -2.07. The summed E-state index contributed by atoms with van der Waals surface area (Å²) in [7, 11) is 0. The number of hydrogen-bond acceptors (Lipinski definition) is 3. The molecule has 76 valence electrons. The molecule has 14 heavy (non-hydrogen) atoms. The highest BCUT2D eigenvalue weighted by atomic mass is 16.5. The molecule has 1 N–H and O–H groups in total. The van der Waals surface area contributed by atoms with Crippen LogP contribution in [0.25, 0.3) is 0 Å². The number of rotatable bonds is 4. The maximum absolute atomic E-state index is 10.8. The first-order valence-electron chi connectivity index (χ1n) is 4.46. The van der Waals surface area contributed by atoms with Gasteiger partial charge in [-0.1, -0.05) is 17.7 Å². The lowest BCUT2D eigenvalue weighted by Crippen LogP contribution is -2.15. The molecule has 1 aromatic carbocycles. The third kappa shape index (κ3) is 2.85. The summed E-state index contributed by atoms with van der Waals surface area (Å²) in [5.41, 5.74) is 2.15. The van der Waals surface area contributed by atoms with Crippen molar-refractivity contribution in [3.63, 3.8) is 0 Å². The SMILES string of the molecule is Cc1ccc(OCC(=O)CO)c(C)c1. The molecular formula is C11H14O3. The molecule has 0 saturated heterocycles. The average Bonchev–Trinajstić information content (AvgIpc) is 2.16. The number of ketones is 1. The van der Waals surface area contributed by atoms with E-state index in [1.54, 1.807) is 0 Å². The quantitative estimate of drug-likeness (QED) is 0.784. The zero-order valence-electron chi connectivity index (χ0n) is 8.41.